The fourth-order valence-electron chi connectivity index (χ4n) is 5.15. The summed E-state index contributed by atoms with van der Waals surface area (Å²) in [6.07, 6.45) is 5.41. The summed E-state index contributed by atoms with van der Waals surface area (Å²) >= 11 is 0. The van der Waals surface area contributed by atoms with E-state index in [2.05, 4.69) is 12.2 Å². The van der Waals surface area contributed by atoms with Crippen LogP contribution < -0.4 is 4.90 Å². The number of carbonyl (C=O) groups is 3. The number of esters is 1. The number of carbonyl (C=O) groups excluding carboxylic acids is 3. The van der Waals surface area contributed by atoms with E-state index in [4.69, 9.17) is 4.74 Å². The van der Waals surface area contributed by atoms with Gasteiger partial charge in [0.2, 0.25) is 11.8 Å². The molecule has 1 aromatic rings. The molecule has 6 atom stereocenters. The van der Waals surface area contributed by atoms with Crippen molar-refractivity contribution in [1.29, 1.82) is 0 Å². The van der Waals surface area contributed by atoms with Crippen molar-refractivity contribution in [1.82, 2.24) is 0 Å². The Morgan fingerprint density at radius 1 is 1.04 bits per heavy atom. The Morgan fingerprint density at radius 3 is 2.21 bits per heavy atom. The molecule has 1 saturated heterocycles. The first-order chi connectivity index (χ1) is 11.6. The van der Waals surface area contributed by atoms with Gasteiger partial charge in [0.15, 0.2) is 0 Å². The lowest BCUT2D eigenvalue weighted by atomic mass is 9.63. The third-order valence-corrected chi connectivity index (χ3v) is 6.21. The first-order valence-electron chi connectivity index (χ1n) is 8.37. The molecule has 2 amide bonds. The van der Waals surface area contributed by atoms with E-state index >= 15 is 0 Å². The first-order valence-corrected chi connectivity index (χ1v) is 8.37. The highest BCUT2D eigenvalue weighted by molar-refractivity contribution is 6.24. The summed E-state index contributed by atoms with van der Waals surface area (Å²) in [5.41, 5.74) is 0.604. The van der Waals surface area contributed by atoms with Gasteiger partial charge >= 0.3 is 5.97 Å². The van der Waals surface area contributed by atoms with Crippen LogP contribution in [0.1, 0.15) is 16.8 Å². The molecule has 122 valence electrons. The van der Waals surface area contributed by atoms with Crippen LogP contribution in [0, 0.1) is 35.5 Å². The van der Waals surface area contributed by atoms with Crippen LogP contribution in [0.15, 0.2) is 36.4 Å². The average molecular weight is 323 g/mol. The van der Waals surface area contributed by atoms with Gasteiger partial charge in [0.05, 0.1) is 30.2 Å². The summed E-state index contributed by atoms with van der Waals surface area (Å²) in [4.78, 5) is 39.4. The molecule has 1 aromatic carbocycles. The number of ether oxygens (including phenoxy) is 1. The summed E-state index contributed by atoms with van der Waals surface area (Å²) in [5.74, 6) is 0.0992. The van der Waals surface area contributed by atoms with E-state index in [0.717, 1.165) is 6.42 Å². The number of methoxy groups -OCH3 is 1. The fourth-order valence-corrected chi connectivity index (χ4v) is 5.15. The lowest BCUT2D eigenvalue weighted by Crippen LogP contribution is -2.40. The molecular formula is C19H17NO4. The molecule has 0 N–H and O–H groups in total. The molecule has 0 spiro atoms. The van der Waals surface area contributed by atoms with Gasteiger partial charge in [-0.15, -0.1) is 0 Å². The SMILES string of the molecule is COC(=O)c1ccccc1N1C(=O)C2C3C=CC(C4CC34)C2C1=O. The van der Waals surface area contributed by atoms with Crippen molar-refractivity contribution in [2.45, 2.75) is 6.42 Å². The Hall–Kier alpha value is -2.43. The van der Waals surface area contributed by atoms with Crippen molar-refractivity contribution in [3.63, 3.8) is 0 Å². The number of hydrogen-bond acceptors (Lipinski definition) is 4. The van der Waals surface area contributed by atoms with Crippen LogP contribution in [-0.4, -0.2) is 24.9 Å². The molecule has 5 nitrogen and oxygen atoms in total. The molecule has 0 aromatic heterocycles. The molecule has 0 radical (unpaired) electrons. The van der Waals surface area contributed by atoms with Gasteiger partial charge in [0.1, 0.15) is 0 Å². The van der Waals surface area contributed by atoms with Gasteiger partial charge in [0.25, 0.3) is 0 Å². The zero-order valence-electron chi connectivity index (χ0n) is 13.2. The number of imide groups is 1. The fraction of sp³-hybridized carbons (Fsp3) is 0.421. The molecule has 5 heteroatoms. The highest BCUT2D eigenvalue weighted by atomic mass is 16.5. The lowest BCUT2D eigenvalue weighted by molar-refractivity contribution is -0.124. The zero-order chi connectivity index (χ0) is 16.6. The molecular weight excluding hydrogens is 306 g/mol. The monoisotopic (exact) mass is 323 g/mol. The average Bonchev–Trinajstić information content (AvgIpc) is 3.39. The van der Waals surface area contributed by atoms with Crippen LogP contribution in [0.4, 0.5) is 5.69 Å². The van der Waals surface area contributed by atoms with Crippen LogP contribution in [0.2, 0.25) is 0 Å². The van der Waals surface area contributed by atoms with E-state index < -0.39 is 5.97 Å². The number of nitrogens with zero attached hydrogens (tertiary/aromatic N) is 1. The molecule has 4 aliphatic carbocycles. The van der Waals surface area contributed by atoms with E-state index in [1.54, 1.807) is 24.3 Å². The van der Waals surface area contributed by atoms with E-state index in [9.17, 15) is 14.4 Å². The van der Waals surface area contributed by atoms with Gasteiger partial charge in [-0.05, 0) is 42.2 Å². The van der Waals surface area contributed by atoms with Gasteiger partial charge in [-0.3, -0.25) is 9.59 Å². The minimum atomic E-state index is -0.537. The van der Waals surface area contributed by atoms with Crippen LogP contribution in [0.3, 0.4) is 0 Å². The Balaban J connectivity index is 1.59. The summed E-state index contributed by atoms with van der Waals surface area (Å²) in [6.45, 7) is 0. The zero-order valence-corrected chi connectivity index (χ0v) is 13.2. The highest BCUT2D eigenvalue weighted by Crippen LogP contribution is 2.65. The van der Waals surface area contributed by atoms with Gasteiger partial charge < -0.3 is 4.74 Å². The summed E-state index contributed by atoms with van der Waals surface area (Å²) < 4.78 is 4.80. The minimum absolute atomic E-state index is 0.161. The van der Waals surface area contributed by atoms with Crippen molar-refractivity contribution in [3.05, 3.63) is 42.0 Å². The highest BCUT2D eigenvalue weighted by Gasteiger charge is 2.67. The van der Waals surface area contributed by atoms with E-state index in [0.29, 0.717) is 17.5 Å². The molecule has 24 heavy (non-hydrogen) atoms. The molecule has 5 aliphatic rings. The van der Waals surface area contributed by atoms with Crippen molar-refractivity contribution in [2.75, 3.05) is 12.0 Å². The molecule has 1 heterocycles. The molecule has 3 fully saturated rings. The maximum absolute atomic E-state index is 13.1. The molecule has 6 rings (SSSR count). The first kappa shape index (κ1) is 14.0. The van der Waals surface area contributed by atoms with Crippen LogP contribution in [0.25, 0.3) is 0 Å². The topological polar surface area (TPSA) is 63.7 Å². The third kappa shape index (κ3) is 1.57. The Bertz CT molecular complexity index is 777. The number of amides is 2. The van der Waals surface area contributed by atoms with Gasteiger partial charge in [0, 0.05) is 0 Å². The minimum Gasteiger partial charge on any atom is -0.465 e. The van der Waals surface area contributed by atoms with E-state index in [1.807, 2.05) is 0 Å². The van der Waals surface area contributed by atoms with Crippen molar-refractivity contribution in [3.8, 4) is 0 Å². The number of allylic oxidation sites excluding steroid dienone is 2. The second kappa shape index (κ2) is 4.56. The molecule has 2 bridgehead atoms. The summed E-state index contributed by atoms with van der Waals surface area (Å²) in [5, 5.41) is 0. The third-order valence-electron chi connectivity index (χ3n) is 6.21. The summed E-state index contributed by atoms with van der Waals surface area (Å²) in [7, 11) is 1.30. The summed E-state index contributed by atoms with van der Waals surface area (Å²) in [6, 6.07) is 6.67. The normalized spacial score (nSPS) is 38.1. The largest absolute Gasteiger partial charge is 0.465 e. The van der Waals surface area contributed by atoms with Gasteiger partial charge in [-0.25, -0.2) is 9.69 Å². The number of hydrogen-bond donors (Lipinski definition) is 0. The smallest absolute Gasteiger partial charge is 0.339 e. The standard InChI is InChI=1S/C19H17NO4/c1-24-19(23)11-4-2-3-5-14(11)20-17(21)15-9-6-7-10(13-8-12(9)13)16(15)18(20)22/h2-7,9-10,12-13,15-16H,8H2,1H3. The number of rotatable bonds is 2. The second-order valence-corrected chi connectivity index (χ2v) is 7.18. The number of para-hydroxylation sites is 1. The van der Waals surface area contributed by atoms with E-state index in [1.165, 1.54) is 12.0 Å². The quantitative estimate of drug-likeness (QED) is 0.475. The van der Waals surface area contributed by atoms with Crippen LogP contribution in [-0.2, 0) is 14.3 Å². The van der Waals surface area contributed by atoms with Crippen molar-refractivity contribution < 1.29 is 19.1 Å². The molecule has 6 unspecified atom stereocenters. The molecule has 2 saturated carbocycles. The van der Waals surface area contributed by atoms with Crippen molar-refractivity contribution >= 4 is 23.5 Å². The van der Waals surface area contributed by atoms with Crippen LogP contribution >= 0.6 is 0 Å². The predicted molar refractivity (Wildman–Crippen MR) is 85.0 cm³/mol. The van der Waals surface area contributed by atoms with Crippen LogP contribution in [0.5, 0.6) is 0 Å². The maximum atomic E-state index is 13.1. The maximum Gasteiger partial charge on any atom is 0.339 e. The second-order valence-electron chi connectivity index (χ2n) is 7.18. The lowest BCUT2D eigenvalue weighted by Gasteiger charge is -2.37. The molecule has 1 aliphatic heterocycles. The Labute approximate surface area is 139 Å². The number of benzene rings is 1. The van der Waals surface area contributed by atoms with Gasteiger partial charge in [-0.1, -0.05) is 24.3 Å². The number of anilines is 1. The Morgan fingerprint density at radius 2 is 1.62 bits per heavy atom. The van der Waals surface area contributed by atoms with Crippen molar-refractivity contribution in [2.24, 2.45) is 35.5 Å². The Kier molecular flexibility index (Phi) is 2.65. The van der Waals surface area contributed by atoms with E-state index in [-0.39, 0.29) is 41.0 Å². The van der Waals surface area contributed by atoms with Gasteiger partial charge in [-0.2, -0.15) is 0 Å². The predicted octanol–water partition coefficient (Wildman–Crippen LogP) is 2.03.